The molecule has 0 N–H and O–H groups in total. The van der Waals surface area contributed by atoms with E-state index in [2.05, 4.69) is 43.9 Å². The van der Waals surface area contributed by atoms with Crippen LogP contribution in [0.15, 0.2) is 18.2 Å². The van der Waals surface area contributed by atoms with Crippen molar-refractivity contribution in [2.24, 2.45) is 0 Å². The second kappa shape index (κ2) is 8.40. The fraction of sp³-hybridized carbons (Fsp3) is 0.667. The van der Waals surface area contributed by atoms with Gasteiger partial charge in [-0.2, -0.15) is 0 Å². The molecule has 0 radical (unpaired) electrons. The minimum Gasteiger partial charge on any atom is -0.491 e. The molecule has 118 valence electrons. The van der Waals surface area contributed by atoms with Gasteiger partial charge < -0.3 is 14.4 Å². The molecule has 0 atom stereocenters. The molecule has 1 saturated heterocycles. The molecule has 1 fully saturated rings. The lowest BCUT2D eigenvalue weighted by molar-refractivity contribution is 0.0842. The third-order valence-corrected chi connectivity index (χ3v) is 4.03. The van der Waals surface area contributed by atoms with Gasteiger partial charge in [0.2, 0.25) is 0 Å². The summed E-state index contributed by atoms with van der Waals surface area (Å²) in [7, 11) is 0. The van der Waals surface area contributed by atoms with Crippen LogP contribution in [0.3, 0.4) is 0 Å². The van der Waals surface area contributed by atoms with Crippen LogP contribution in [0.2, 0.25) is 0 Å². The molecule has 1 aromatic rings. The number of benzene rings is 1. The van der Waals surface area contributed by atoms with Crippen LogP contribution in [-0.4, -0.2) is 44.4 Å². The van der Waals surface area contributed by atoms with Crippen molar-refractivity contribution < 1.29 is 9.47 Å². The SMILES string of the molecule is Cc1ccc(C(C)C)c(OCCOCCN2CCCC2)c1. The van der Waals surface area contributed by atoms with E-state index >= 15 is 0 Å². The van der Waals surface area contributed by atoms with E-state index in [1.165, 1.54) is 37.1 Å². The standard InChI is InChI=1S/C18H29NO2/c1-15(2)17-7-6-16(3)14-18(17)21-13-12-20-11-10-19-8-4-5-9-19/h6-7,14-15H,4-5,8-13H2,1-3H3. The summed E-state index contributed by atoms with van der Waals surface area (Å²) >= 11 is 0. The van der Waals surface area contributed by atoms with Crippen LogP contribution in [0, 0.1) is 6.92 Å². The summed E-state index contributed by atoms with van der Waals surface area (Å²) in [4.78, 5) is 2.47. The van der Waals surface area contributed by atoms with E-state index in [0.717, 1.165) is 18.9 Å². The topological polar surface area (TPSA) is 21.7 Å². The maximum Gasteiger partial charge on any atom is 0.123 e. The van der Waals surface area contributed by atoms with Crippen LogP contribution in [0.4, 0.5) is 0 Å². The molecule has 1 aliphatic rings. The minimum absolute atomic E-state index is 0.483. The second-order valence-corrected chi connectivity index (χ2v) is 6.21. The van der Waals surface area contributed by atoms with Gasteiger partial charge in [-0.15, -0.1) is 0 Å². The van der Waals surface area contributed by atoms with E-state index in [1.807, 2.05) is 0 Å². The van der Waals surface area contributed by atoms with Gasteiger partial charge in [-0.05, 0) is 56.0 Å². The number of hydrogen-bond acceptors (Lipinski definition) is 3. The van der Waals surface area contributed by atoms with Crippen LogP contribution >= 0.6 is 0 Å². The van der Waals surface area contributed by atoms with Crippen molar-refractivity contribution in [3.8, 4) is 5.75 Å². The Bertz CT molecular complexity index is 425. The maximum absolute atomic E-state index is 5.91. The number of hydrogen-bond donors (Lipinski definition) is 0. The summed E-state index contributed by atoms with van der Waals surface area (Å²) in [5, 5.41) is 0. The lowest BCUT2D eigenvalue weighted by Gasteiger charge is -2.16. The Kier molecular flexibility index (Phi) is 6.52. The molecular formula is C18H29NO2. The van der Waals surface area contributed by atoms with Crippen LogP contribution in [-0.2, 0) is 4.74 Å². The van der Waals surface area contributed by atoms with Gasteiger partial charge in [-0.25, -0.2) is 0 Å². The molecule has 0 spiro atoms. The van der Waals surface area contributed by atoms with Gasteiger partial charge in [-0.3, -0.25) is 0 Å². The Morgan fingerprint density at radius 3 is 2.57 bits per heavy atom. The van der Waals surface area contributed by atoms with Crippen LogP contribution < -0.4 is 4.74 Å². The average molecular weight is 291 g/mol. The lowest BCUT2D eigenvalue weighted by atomic mass is 10.0. The molecule has 2 rings (SSSR count). The van der Waals surface area contributed by atoms with Crippen molar-refractivity contribution in [1.29, 1.82) is 0 Å². The van der Waals surface area contributed by atoms with Gasteiger partial charge >= 0.3 is 0 Å². The molecule has 3 nitrogen and oxygen atoms in total. The van der Waals surface area contributed by atoms with E-state index in [9.17, 15) is 0 Å². The monoisotopic (exact) mass is 291 g/mol. The molecule has 0 unspecified atom stereocenters. The molecule has 21 heavy (non-hydrogen) atoms. The van der Waals surface area contributed by atoms with Gasteiger partial charge in [-0.1, -0.05) is 26.0 Å². The maximum atomic E-state index is 5.91. The summed E-state index contributed by atoms with van der Waals surface area (Å²) in [6, 6.07) is 6.44. The third kappa shape index (κ3) is 5.33. The largest absolute Gasteiger partial charge is 0.491 e. The molecule has 1 aromatic carbocycles. The average Bonchev–Trinajstić information content (AvgIpc) is 2.95. The highest BCUT2D eigenvalue weighted by Gasteiger charge is 2.10. The number of nitrogens with zero attached hydrogens (tertiary/aromatic N) is 1. The van der Waals surface area contributed by atoms with Crippen molar-refractivity contribution in [1.82, 2.24) is 4.90 Å². The summed E-state index contributed by atoms with van der Waals surface area (Å²) < 4.78 is 11.6. The molecule has 1 heterocycles. The van der Waals surface area contributed by atoms with Crippen molar-refractivity contribution in [2.45, 2.75) is 39.5 Å². The van der Waals surface area contributed by atoms with Crippen LogP contribution in [0.25, 0.3) is 0 Å². The first-order valence-electron chi connectivity index (χ1n) is 8.20. The number of likely N-dealkylation sites (tertiary alicyclic amines) is 1. The van der Waals surface area contributed by atoms with E-state index in [-0.39, 0.29) is 0 Å². The van der Waals surface area contributed by atoms with Gasteiger partial charge in [0, 0.05) is 6.54 Å². The summed E-state index contributed by atoms with van der Waals surface area (Å²) in [6.07, 6.45) is 2.68. The molecule has 0 bridgehead atoms. The molecule has 1 aliphatic heterocycles. The molecule has 0 aromatic heterocycles. The van der Waals surface area contributed by atoms with Crippen molar-refractivity contribution in [2.75, 3.05) is 39.5 Å². The highest BCUT2D eigenvalue weighted by molar-refractivity contribution is 5.39. The Morgan fingerprint density at radius 2 is 1.86 bits per heavy atom. The van der Waals surface area contributed by atoms with Crippen molar-refractivity contribution in [3.63, 3.8) is 0 Å². The first-order valence-corrected chi connectivity index (χ1v) is 8.20. The van der Waals surface area contributed by atoms with Gasteiger partial charge in [0.05, 0.1) is 13.2 Å². The zero-order valence-corrected chi connectivity index (χ0v) is 13.7. The van der Waals surface area contributed by atoms with Gasteiger partial charge in [0.25, 0.3) is 0 Å². The zero-order chi connectivity index (χ0) is 15.1. The molecule has 0 saturated carbocycles. The van der Waals surface area contributed by atoms with Crippen molar-refractivity contribution in [3.05, 3.63) is 29.3 Å². The first-order chi connectivity index (χ1) is 10.2. The minimum atomic E-state index is 0.483. The number of rotatable bonds is 8. The summed E-state index contributed by atoms with van der Waals surface area (Å²) in [6.45, 7) is 12.1. The highest BCUT2D eigenvalue weighted by Crippen LogP contribution is 2.27. The normalized spacial score (nSPS) is 15.8. The highest BCUT2D eigenvalue weighted by atomic mass is 16.5. The van der Waals surface area contributed by atoms with E-state index in [1.54, 1.807) is 0 Å². The Morgan fingerprint density at radius 1 is 1.10 bits per heavy atom. The molecular weight excluding hydrogens is 262 g/mol. The number of aryl methyl sites for hydroxylation is 1. The summed E-state index contributed by atoms with van der Waals surface area (Å²) in [5.41, 5.74) is 2.52. The zero-order valence-electron chi connectivity index (χ0n) is 13.7. The van der Waals surface area contributed by atoms with Crippen molar-refractivity contribution >= 4 is 0 Å². The predicted molar refractivity (Wildman–Crippen MR) is 87.3 cm³/mol. The van der Waals surface area contributed by atoms with E-state index < -0.39 is 0 Å². The number of ether oxygens (including phenoxy) is 2. The fourth-order valence-corrected chi connectivity index (χ4v) is 2.76. The molecule has 0 aliphatic carbocycles. The molecule has 0 amide bonds. The second-order valence-electron chi connectivity index (χ2n) is 6.21. The first kappa shape index (κ1) is 16.3. The predicted octanol–water partition coefficient (Wildman–Crippen LogP) is 3.61. The van der Waals surface area contributed by atoms with Gasteiger partial charge in [0.1, 0.15) is 12.4 Å². The van der Waals surface area contributed by atoms with E-state index in [0.29, 0.717) is 19.1 Å². The van der Waals surface area contributed by atoms with Crippen LogP contribution in [0.1, 0.15) is 43.7 Å². The summed E-state index contributed by atoms with van der Waals surface area (Å²) in [5.74, 6) is 1.49. The third-order valence-electron chi connectivity index (χ3n) is 4.03. The lowest BCUT2D eigenvalue weighted by Crippen LogP contribution is -2.24. The van der Waals surface area contributed by atoms with E-state index in [4.69, 9.17) is 9.47 Å². The fourth-order valence-electron chi connectivity index (χ4n) is 2.76. The quantitative estimate of drug-likeness (QED) is 0.683. The Labute approximate surface area is 129 Å². The smallest absolute Gasteiger partial charge is 0.123 e. The van der Waals surface area contributed by atoms with Crippen LogP contribution in [0.5, 0.6) is 5.75 Å². The molecule has 3 heteroatoms. The Balaban J connectivity index is 1.67. The van der Waals surface area contributed by atoms with Gasteiger partial charge in [0.15, 0.2) is 0 Å². The Hall–Kier alpha value is -1.06.